The standard InChI is InChI=1S/C9H20O4/c1-9(2,3)4-6(11)8(13)7(12)5-10/h6-8,10-13H,4-5H2,1-3H3/t6-,7+,8-/m1/s1. The Labute approximate surface area is 78.8 Å². The summed E-state index contributed by atoms with van der Waals surface area (Å²) in [5.41, 5.74) is -0.116. The monoisotopic (exact) mass is 192 g/mol. The number of rotatable bonds is 4. The average Bonchev–Trinajstić information content (AvgIpc) is 1.98. The number of aliphatic hydroxyl groups is 4. The summed E-state index contributed by atoms with van der Waals surface area (Å²) in [6.07, 6.45) is -3.16. The molecule has 0 rings (SSSR count). The molecule has 0 aliphatic rings. The summed E-state index contributed by atoms with van der Waals surface area (Å²) in [6, 6.07) is 0. The second-order valence-electron chi connectivity index (χ2n) is 4.57. The molecule has 0 saturated heterocycles. The molecule has 3 atom stereocenters. The lowest BCUT2D eigenvalue weighted by Gasteiger charge is -2.27. The average molecular weight is 192 g/mol. The third-order valence-electron chi connectivity index (χ3n) is 1.80. The van der Waals surface area contributed by atoms with E-state index in [0.29, 0.717) is 6.42 Å². The molecule has 0 unspecified atom stereocenters. The van der Waals surface area contributed by atoms with Crippen molar-refractivity contribution in [2.75, 3.05) is 6.61 Å². The summed E-state index contributed by atoms with van der Waals surface area (Å²) in [6.45, 7) is 5.24. The van der Waals surface area contributed by atoms with Crippen LogP contribution >= 0.6 is 0 Å². The van der Waals surface area contributed by atoms with Crippen LogP contribution in [0.2, 0.25) is 0 Å². The Morgan fingerprint density at radius 3 is 1.77 bits per heavy atom. The number of hydrogen-bond acceptors (Lipinski definition) is 4. The molecule has 4 heteroatoms. The Morgan fingerprint density at radius 1 is 1.00 bits per heavy atom. The Morgan fingerprint density at radius 2 is 1.46 bits per heavy atom. The van der Waals surface area contributed by atoms with Crippen LogP contribution < -0.4 is 0 Å². The zero-order valence-electron chi connectivity index (χ0n) is 8.44. The predicted octanol–water partition coefficient (Wildman–Crippen LogP) is -0.502. The molecule has 0 saturated carbocycles. The highest BCUT2D eigenvalue weighted by Gasteiger charge is 2.27. The Hall–Kier alpha value is -0.160. The van der Waals surface area contributed by atoms with Crippen molar-refractivity contribution in [3.05, 3.63) is 0 Å². The molecule has 0 aliphatic carbocycles. The maximum atomic E-state index is 9.43. The van der Waals surface area contributed by atoms with Gasteiger partial charge in [0.25, 0.3) is 0 Å². The van der Waals surface area contributed by atoms with Crippen molar-refractivity contribution in [2.45, 2.75) is 45.5 Å². The zero-order chi connectivity index (χ0) is 10.6. The van der Waals surface area contributed by atoms with E-state index in [2.05, 4.69) is 0 Å². The predicted molar refractivity (Wildman–Crippen MR) is 49.2 cm³/mol. The Balaban J connectivity index is 4.03. The molecule has 0 heterocycles. The van der Waals surface area contributed by atoms with Crippen molar-refractivity contribution in [2.24, 2.45) is 5.41 Å². The van der Waals surface area contributed by atoms with Crippen molar-refractivity contribution >= 4 is 0 Å². The van der Waals surface area contributed by atoms with Crippen LogP contribution in [0, 0.1) is 5.41 Å². The van der Waals surface area contributed by atoms with Crippen LogP contribution in [0.4, 0.5) is 0 Å². The van der Waals surface area contributed by atoms with Gasteiger partial charge < -0.3 is 20.4 Å². The van der Waals surface area contributed by atoms with E-state index in [4.69, 9.17) is 10.2 Å². The third-order valence-corrected chi connectivity index (χ3v) is 1.80. The lowest BCUT2D eigenvalue weighted by molar-refractivity contribution is -0.0860. The number of aliphatic hydroxyl groups excluding tert-OH is 4. The molecule has 0 fully saturated rings. The van der Waals surface area contributed by atoms with Crippen molar-refractivity contribution < 1.29 is 20.4 Å². The van der Waals surface area contributed by atoms with Gasteiger partial charge in [0.15, 0.2) is 0 Å². The maximum absolute atomic E-state index is 9.43. The minimum absolute atomic E-state index is 0.116. The Kier molecular flexibility index (Phi) is 4.85. The van der Waals surface area contributed by atoms with Crippen LogP contribution in [-0.2, 0) is 0 Å². The van der Waals surface area contributed by atoms with E-state index in [9.17, 15) is 10.2 Å². The van der Waals surface area contributed by atoms with Crippen molar-refractivity contribution in [1.82, 2.24) is 0 Å². The van der Waals surface area contributed by atoms with E-state index >= 15 is 0 Å². The van der Waals surface area contributed by atoms with E-state index in [-0.39, 0.29) is 5.41 Å². The SMILES string of the molecule is CC(C)(C)C[C@@H](O)[C@@H](O)[C@@H](O)CO. The molecule has 0 radical (unpaired) electrons. The first-order valence-electron chi connectivity index (χ1n) is 4.43. The quantitative estimate of drug-likeness (QED) is 0.484. The van der Waals surface area contributed by atoms with Gasteiger partial charge in [-0.3, -0.25) is 0 Å². The molecule has 13 heavy (non-hydrogen) atoms. The lowest BCUT2D eigenvalue weighted by Crippen LogP contribution is -2.41. The summed E-state index contributed by atoms with van der Waals surface area (Å²) in [7, 11) is 0. The van der Waals surface area contributed by atoms with Gasteiger partial charge in [-0.2, -0.15) is 0 Å². The fraction of sp³-hybridized carbons (Fsp3) is 1.00. The van der Waals surface area contributed by atoms with Gasteiger partial charge in [0.1, 0.15) is 12.2 Å². The first-order chi connectivity index (χ1) is 5.78. The van der Waals surface area contributed by atoms with Crippen LogP contribution in [0.1, 0.15) is 27.2 Å². The van der Waals surface area contributed by atoms with Crippen LogP contribution in [0.15, 0.2) is 0 Å². The van der Waals surface area contributed by atoms with Gasteiger partial charge in [-0.25, -0.2) is 0 Å². The topological polar surface area (TPSA) is 80.9 Å². The zero-order valence-corrected chi connectivity index (χ0v) is 8.44. The van der Waals surface area contributed by atoms with Crippen LogP contribution in [0.3, 0.4) is 0 Å². The molecule has 0 aromatic carbocycles. The minimum Gasteiger partial charge on any atom is -0.394 e. The van der Waals surface area contributed by atoms with Gasteiger partial charge in [-0.15, -0.1) is 0 Å². The molecule has 0 bridgehead atoms. The van der Waals surface area contributed by atoms with Crippen molar-refractivity contribution in [3.8, 4) is 0 Å². The molecular weight excluding hydrogens is 172 g/mol. The fourth-order valence-corrected chi connectivity index (χ4v) is 1.11. The van der Waals surface area contributed by atoms with E-state index in [1.165, 1.54) is 0 Å². The summed E-state index contributed by atoms with van der Waals surface area (Å²) in [4.78, 5) is 0. The smallest absolute Gasteiger partial charge is 0.108 e. The van der Waals surface area contributed by atoms with Crippen LogP contribution in [0.25, 0.3) is 0 Å². The highest BCUT2D eigenvalue weighted by atomic mass is 16.4. The molecule has 0 amide bonds. The molecule has 80 valence electrons. The second-order valence-corrected chi connectivity index (χ2v) is 4.57. The Bertz CT molecular complexity index is 141. The van der Waals surface area contributed by atoms with E-state index < -0.39 is 24.9 Å². The van der Waals surface area contributed by atoms with Crippen molar-refractivity contribution in [3.63, 3.8) is 0 Å². The first kappa shape index (κ1) is 12.8. The second kappa shape index (κ2) is 4.91. The molecule has 0 aromatic rings. The molecule has 4 N–H and O–H groups in total. The number of hydrogen-bond donors (Lipinski definition) is 4. The largest absolute Gasteiger partial charge is 0.394 e. The van der Waals surface area contributed by atoms with Gasteiger partial charge >= 0.3 is 0 Å². The highest BCUT2D eigenvalue weighted by molar-refractivity contribution is 4.78. The first-order valence-corrected chi connectivity index (χ1v) is 4.43. The molecule has 0 aliphatic heterocycles. The summed E-state index contributed by atoms with van der Waals surface area (Å²) >= 11 is 0. The van der Waals surface area contributed by atoms with Gasteiger partial charge in [-0.1, -0.05) is 20.8 Å². The van der Waals surface area contributed by atoms with Crippen LogP contribution in [0.5, 0.6) is 0 Å². The fourth-order valence-electron chi connectivity index (χ4n) is 1.11. The van der Waals surface area contributed by atoms with E-state index in [1.807, 2.05) is 20.8 Å². The summed E-state index contributed by atoms with van der Waals surface area (Å²) < 4.78 is 0. The van der Waals surface area contributed by atoms with Gasteiger partial charge in [-0.05, 0) is 11.8 Å². The lowest BCUT2D eigenvalue weighted by atomic mass is 9.86. The summed E-state index contributed by atoms with van der Waals surface area (Å²) in [5, 5.41) is 36.3. The molecule has 0 spiro atoms. The molecular formula is C9H20O4. The van der Waals surface area contributed by atoms with E-state index in [0.717, 1.165) is 0 Å². The normalized spacial score (nSPS) is 19.6. The molecule has 0 aromatic heterocycles. The van der Waals surface area contributed by atoms with Gasteiger partial charge in [0.2, 0.25) is 0 Å². The van der Waals surface area contributed by atoms with Gasteiger partial charge in [0.05, 0.1) is 12.7 Å². The minimum atomic E-state index is -1.27. The van der Waals surface area contributed by atoms with Gasteiger partial charge in [0, 0.05) is 0 Å². The summed E-state index contributed by atoms with van der Waals surface area (Å²) in [5.74, 6) is 0. The molecule has 4 nitrogen and oxygen atoms in total. The van der Waals surface area contributed by atoms with Crippen LogP contribution in [-0.4, -0.2) is 45.3 Å². The van der Waals surface area contributed by atoms with Crippen molar-refractivity contribution in [1.29, 1.82) is 0 Å². The third kappa shape index (κ3) is 5.21. The van der Waals surface area contributed by atoms with E-state index in [1.54, 1.807) is 0 Å². The highest BCUT2D eigenvalue weighted by Crippen LogP contribution is 2.22. The maximum Gasteiger partial charge on any atom is 0.108 e.